The summed E-state index contributed by atoms with van der Waals surface area (Å²) >= 11 is 0. The van der Waals surface area contributed by atoms with Crippen LogP contribution >= 0.6 is 0 Å². The number of alkyl halides is 3. The summed E-state index contributed by atoms with van der Waals surface area (Å²) in [6.07, 6.45) is 2.23. The summed E-state index contributed by atoms with van der Waals surface area (Å²) in [5.41, 5.74) is -3.57. The summed E-state index contributed by atoms with van der Waals surface area (Å²) < 4.78 is 78.4. The van der Waals surface area contributed by atoms with E-state index in [2.05, 4.69) is 16.0 Å². The normalized spacial score (nSPS) is 27.1. The molecule has 0 radical (unpaired) electrons. The number of rotatable bonds is 11. The minimum Gasteiger partial charge on any atom is -0.377 e. The van der Waals surface area contributed by atoms with E-state index in [0.29, 0.717) is 81.3 Å². The SMILES string of the molecule is CCO[C@@H]1C[C@H]2C(=O)NC3(CC(C)(C)C3)C(=O)N(C)[C@@H](C(CC)CC)C(=O)N(C)[C@H](C(=O)N3CCCC3)CC(=O)N(C)[C@H]3CCC/C=C/c4ccc(cc4)C[C@@H](C(=O)N(C)CC(=O)N[C@@H](CCc4cc(F)c(C(F)(F)F)c(F)c4)C(=O)N2C1)N1CC/C=C\C[C@@H](C1=O)N(C)C(=O)CN(C)C(=O)[C@H]([C@@H](C)CC)NC3=O. The maximum absolute atomic E-state index is 15.9. The van der Waals surface area contributed by atoms with Gasteiger partial charge >= 0.3 is 6.18 Å². The van der Waals surface area contributed by atoms with Crippen molar-refractivity contribution in [2.24, 2.45) is 17.3 Å². The fraction of sp³-hybridized carbons (Fsp3) is 0.646. The Kier molecular flexibility index (Phi) is 29.0. The number of carbonyl (C=O) groups excluding carboxylic acids is 12. The molecule has 2 saturated heterocycles. The number of aryl methyl sites for hydroxylation is 1. The fourth-order valence-electron chi connectivity index (χ4n) is 16.5. The Morgan fingerprint density at radius 3 is 1.88 bits per heavy atom. The van der Waals surface area contributed by atoms with Gasteiger partial charge in [-0.2, -0.15) is 13.2 Å². The van der Waals surface area contributed by atoms with Crippen molar-refractivity contribution in [1.29, 1.82) is 0 Å². The number of halogens is 5. The van der Waals surface area contributed by atoms with Crippen LogP contribution in [0.2, 0.25) is 0 Å². The maximum atomic E-state index is 15.9. The zero-order valence-electron chi connectivity index (χ0n) is 65.3. The first-order chi connectivity index (χ1) is 51.4. The van der Waals surface area contributed by atoms with Crippen LogP contribution in [-0.2, 0) is 81.3 Å². The van der Waals surface area contributed by atoms with Crippen LogP contribution in [0.5, 0.6) is 0 Å². The molecule has 10 rings (SSSR count). The number of nitrogens with zero attached hydrogens (tertiary/aromatic N) is 9. The lowest BCUT2D eigenvalue weighted by Crippen LogP contribution is -2.71. The molecular formula is C79H111F5N12O13. The number of carbonyl (C=O) groups is 12. The molecule has 109 heavy (non-hydrogen) atoms. The van der Waals surface area contributed by atoms with Gasteiger partial charge in [0.15, 0.2) is 0 Å². The van der Waals surface area contributed by atoms with Gasteiger partial charge in [0.05, 0.1) is 25.6 Å². The minimum atomic E-state index is -5.42. The van der Waals surface area contributed by atoms with E-state index in [9.17, 15) is 27.6 Å². The fourth-order valence-corrected chi connectivity index (χ4v) is 16.5. The number of ether oxygens (including phenoxy) is 1. The number of fused-ring (bicyclic) bond motifs is 22. The smallest absolute Gasteiger partial charge is 0.377 e. The van der Waals surface area contributed by atoms with Crippen LogP contribution in [0.4, 0.5) is 22.0 Å². The highest BCUT2D eigenvalue weighted by Gasteiger charge is 2.59. The number of benzene rings is 2. The van der Waals surface area contributed by atoms with Gasteiger partial charge in [0, 0.05) is 87.9 Å². The van der Waals surface area contributed by atoms with E-state index in [1.807, 2.05) is 46.8 Å². The van der Waals surface area contributed by atoms with Gasteiger partial charge in [0.1, 0.15) is 71.1 Å². The van der Waals surface area contributed by atoms with E-state index >= 15 is 51.9 Å². The summed E-state index contributed by atoms with van der Waals surface area (Å²) in [4.78, 5) is 195. The van der Waals surface area contributed by atoms with Gasteiger partial charge in [-0.3, -0.25) is 57.5 Å². The number of nitrogens with one attached hydrogen (secondary N) is 3. The Labute approximate surface area is 636 Å². The summed E-state index contributed by atoms with van der Waals surface area (Å²) in [6, 6.07) is -3.21. The summed E-state index contributed by atoms with van der Waals surface area (Å²) in [7, 11) is 8.31. The standard InChI is InChI=1S/C79H111F5N12O13/c1-14-48(5)66-74(106)89(9)45-64(99)91(11)58-28-22-19-23-37-95(73(58)105)61-40-50-31-29-49(30-32-50)26-20-18-21-27-57(68(100)86-66)90(10)63(98)42-60(72(104)94-35-24-25-36-94)92(12)75(107)67(52(15-2)16-3)93(13)76(108)78(46-77(6,7)47-78)87-69(101)59-41-53(109-17-4)43-96(59)70(102)56(85-62(97)44-88(8)71(61)103)34-33-51-38-54(80)65(55(81)39-51)79(82,83)84/h19-20,22,26,29-32,38-39,48,52-53,56-61,66-67H,14-18,21,23-25,27-28,33-37,40-47H2,1-13H3,(H,85,97)(H,86,100)(H,87,101)/b22-19-,26-20+/t48-,53+,56-,57-,58-,59-,60-,61-,66-,67-/m0/s1. The molecule has 1 aliphatic carbocycles. The molecule has 600 valence electrons. The van der Waals surface area contributed by atoms with Crippen molar-refractivity contribution in [1.82, 2.24) is 60.0 Å². The first-order valence-electron chi connectivity index (χ1n) is 38.3. The molecule has 2 aromatic rings. The highest BCUT2D eigenvalue weighted by Crippen LogP contribution is 2.50. The second kappa shape index (κ2) is 36.8. The lowest BCUT2D eigenvalue weighted by molar-refractivity contribution is -0.161. The number of hydrogen-bond donors (Lipinski definition) is 3. The van der Waals surface area contributed by atoms with E-state index < -0.39 is 204 Å². The third-order valence-corrected chi connectivity index (χ3v) is 22.9. The van der Waals surface area contributed by atoms with Crippen molar-refractivity contribution in [3.8, 4) is 0 Å². The largest absolute Gasteiger partial charge is 0.422 e. The second-order valence-electron chi connectivity index (χ2n) is 31.3. The second-order valence-corrected chi connectivity index (χ2v) is 31.3. The van der Waals surface area contributed by atoms with Crippen LogP contribution in [0, 0.1) is 28.9 Å². The van der Waals surface area contributed by atoms with E-state index in [4.69, 9.17) is 4.74 Å². The van der Waals surface area contributed by atoms with Crippen molar-refractivity contribution in [3.63, 3.8) is 0 Å². The molecule has 1 saturated carbocycles. The average Bonchev–Trinajstić information content (AvgIpc) is 1.31. The minimum absolute atomic E-state index is 0.0214. The van der Waals surface area contributed by atoms with Crippen molar-refractivity contribution < 1.29 is 84.2 Å². The predicted octanol–water partition coefficient (Wildman–Crippen LogP) is 6.29. The van der Waals surface area contributed by atoms with Crippen LogP contribution in [0.1, 0.15) is 167 Å². The number of amides is 12. The highest BCUT2D eigenvalue weighted by atomic mass is 19.4. The Hall–Kier alpha value is -8.83. The lowest BCUT2D eigenvalue weighted by Gasteiger charge is -2.54. The van der Waals surface area contributed by atoms with E-state index in [1.165, 1.54) is 66.8 Å². The maximum Gasteiger partial charge on any atom is 0.422 e. The molecule has 10 atom stereocenters. The Morgan fingerprint density at radius 1 is 0.642 bits per heavy atom. The number of hydrogen-bond acceptors (Lipinski definition) is 13. The zero-order chi connectivity index (χ0) is 80.3. The van der Waals surface area contributed by atoms with Crippen molar-refractivity contribution in [3.05, 3.63) is 88.5 Å². The van der Waals surface area contributed by atoms with Crippen LogP contribution in [0.3, 0.4) is 0 Å². The van der Waals surface area contributed by atoms with Gasteiger partial charge in [-0.1, -0.05) is 109 Å². The lowest BCUT2D eigenvalue weighted by atomic mass is 9.58. The number of likely N-dealkylation sites (N-methyl/N-ethyl adjacent to an activating group) is 6. The molecule has 7 aliphatic heterocycles. The molecule has 2 aromatic carbocycles. The van der Waals surface area contributed by atoms with Crippen molar-refractivity contribution >= 4 is 77.0 Å². The topological polar surface area (TPSA) is 279 Å². The van der Waals surface area contributed by atoms with Gasteiger partial charge in [-0.15, -0.1) is 0 Å². The predicted molar refractivity (Wildman–Crippen MR) is 395 cm³/mol. The van der Waals surface area contributed by atoms with E-state index in [1.54, 1.807) is 55.2 Å². The number of allylic oxidation sites excluding steroid dienone is 1. The van der Waals surface area contributed by atoms with E-state index in [-0.39, 0.29) is 70.2 Å². The first-order valence-corrected chi connectivity index (χ1v) is 38.3. The van der Waals surface area contributed by atoms with Gasteiger partial charge < -0.3 is 64.8 Å². The molecule has 3 fully saturated rings. The average molecular weight is 1530 g/mol. The Morgan fingerprint density at radius 2 is 1.28 bits per heavy atom. The molecule has 0 unspecified atom stereocenters. The van der Waals surface area contributed by atoms with Crippen LogP contribution in [-0.4, -0.2) is 263 Å². The van der Waals surface area contributed by atoms with Crippen LogP contribution < -0.4 is 16.0 Å². The van der Waals surface area contributed by atoms with Gasteiger partial charge in [0.25, 0.3) is 0 Å². The summed E-state index contributed by atoms with van der Waals surface area (Å²) in [5, 5.41) is 8.59. The first kappa shape index (κ1) is 85.8. The zero-order valence-corrected chi connectivity index (χ0v) is 65.3. The Bertz CT molecular complexity index is 3720. The van der Waals surface area contributed by atoms with Crippen LogP contribution in [0.25, 0.3) is 6.08 Å². The number of likely N-dealkylation sites (tertiary alicyclic amines) is 1. The van der Waals surface area contributed by atoms with Gasteiger partial charge in [-0.05, 0) is 124 Å². The molecule has 30 heteroatoms. The van der Waals surface area contributed by atoms with Crippen molar-refractivity contribution in [2.45, 2.75) is 224 Å². The van der Waals surface area contributed by atoms with Gasteiger partial charge in [0.2, 0.25) is 70.9 Å². The molecule has 6 bridgehead atoms. The quantitative estimate of drug-likeness (QED) is 0.127. The summed E-state index contributed by atoms with van der Waals surface area (Å²) in [5.74, 6) is -14.0. The molecule has 7 heterocycles. The molecule has 12 amide bonds. The third-order valence-electron chi connectivity index (χ3n) is 22.9. The molecule has 0 aromatic heterocycles. The molecule has 1 spiro atoms. The highest BCUT2D eigenvalue weighted by molar-refractivity contribution is 6.01. The van der Waals surface area contributed by atoms with Crippen LogP contribution in [0.15, 0.2) is 54.6 Å². The summed E-state index contributed by atoms with van der Waals surface area (Å²) in [6.45, 7) is 11.7. The third kappa shape index (κ3) is 20.2. The molecule has 8 aliphatic rings. The van der Waals surface area contributed by atoms with Crippen molar-refractivity contribution in [2.75, 3.05) is 88.2 Å². The van der Waals surface area contributed by atoms with Gasteiger partial charge in [-0.25, -0.2) is 8.78 Å². The Balaban J connectivity index is 1.29. The van der Waals surface area contributed by atoms with E-state index in [0.717, 1.165) is 14.7 Å². The molecule has 3 N–H and O–H groups in total. The monoisotopic (exact) mass is 1530 g/mol. The molecular weight excluding hydrogens is 1420 g/mol. The molecule has 25 nitrogen and oxygen atoms in total.